The van der Waals surface area contributed by atoms with Crippen LogP contribution in [0, 0.1) is 23.5 Å². The number of likely N-dealkylation sites (tertiary alicyclic amines) is 1. The van der Waals surface area contributed by atoms with E-state index in [1.807, 2.05) is 32.0 Å². The molecule has 1 aliphatic rings. The summed E-state index contributed by atoms with van der Waals surface area (Å²) in [4.78, 5) is 19.2. The second-order valence-electron chi connectivity index (χ2n) is 8.28. The molecule has 156 valence electrons. The topological polar surface area (TPSA) is 45.2 Å². The van der Waals surface area contributed by atoms with Gasteiger partial charge in [-0.05, 0) is 61.1 Å². The van der Waals surface area contributed by atoms with E-state index >= 15 is 0 Å². The summed E-state index contributed by atoms with van der Waals surface area (Å²) in [6.45, 7) is 6.27. The van der Waals surface area contributed by atoms with E-state index in [0.29, 0.717) is 13.0 Å². The van der Waals surface area contributed by atoms with Crippen LogP contribution in [0.3, 0.4) is 0 Å². The fourth-order valence-electron chi connectivity index (χ4n) is 4.00. The second kappa shape index (κ2) is 9.92. The average Bonchev–Trinajstić information content (AvgIpc) is 2.69. The maximum Gasteiger partial charge on any atom is 0.220 e. The maximum absolute atomic E-state index is 13.6. The molecule has 0 bridgehead atoms. The van der Waals surface area contributed by atoms with Crippen molar-refractivity contribution in [1.82, 2.24) is 15.2 Å². The molecular weight excluding hydrogens is 372 g/mol. The molecule has 1 saturated heterocycles. The molecule has 29 heavy (non-hydrogen) atoms. The van der Waals surface area contributed by atoms with Gasteiger partial charge in [0.25, 0.3) is 0 Å². The Morgan fingerprint density at radius 2 is 2.07 bits per heavy atom. The molecule has 2 heterocycles. The molecule has 0 radical (unpaired) electrons. The smallest absolute Gasteiger partial charge is 0.220 e. The van der Waals surface area contributed by atoms with Crippen LogP contribution in [-0.4, -0.2) is 28.9 Å². The first-order valence-electron chi connectivity index (χ1n) is 10.3. The average molecular weight is 402 g/mol. The summed E-state index contributed by atoms with van der Waals surface area (Å²) in [5.74, 6) is -1.11. The largest absolute Gasteiger partial charge is 0.347 e. The van der Waals surface area contributed by atoms with Crippen LogP contribution in [0.1, 0.15) is 50.4 Å². The van der Waals surface area contributed by atoms with E-state index in [-0.39, 0.29) is 23.8 Å². The molecule has 3 rings (SSSR count). The van der Waals surface area contributed by atoms with Crippen molar-refractivity contribution in [2.24, 2.45) is 11.8 Å². The van der Waals surface area contributed by atoms with Gasteiger partial charge in [0, 0.05) is 25.7 Å². The molecule has 1 fully saturated rings. The van der Waals surface area contributed by atoms with Crippen molar-refractivity contribution in [1.29, 1.82) is 0 Å². The van der Waals surface area contributed by atoms with Crippen LogP contribution in [0.15, 0.2) is 42.6 Å². The molecule has 1 aromatic carbocycles. The van der Waals surface area contributed by atoms with E-state index in [1.165, 1.54) is 12.1 Å². The van der Waals surface area contributed by atoms with Crippen LogP contribution in [0.5, 0.6) is 0 Å². The van der Waals surface area contributed by atoms with Crippen molar-refractivity contribution in [3.05, 3.63) is 65.5 Å². The molecule has 1 amide bonds. The number of hydrogen-bond acceptors (Lipinski definition) is 3. The van der Waals surface area contributed by atoms with Gasteiger partial charge in [0.05, 0.1) is 11.7 Å². The molecule has 6 heteroatoms. The maximum atomic E-state index is 13.6. The van der Waals surface area contributed by atoms with E-state index in [2.05, 4.69) is 15.2 Å². The SMILES string of the molecule is CC(C)CC(=O)NC(c1ccccn1)C1CCCN(Cc2ccc(F)c(F)c2)C1. The molecule has 4 nitrogen and oxygen atoms in total. The normalized spacial score (nSPS) is 18.6. The summed E-state index contributed by atoms with van der Waals surface area (Å²) in [5, 5.41) is 3.20. The number of hydrogen-bond donors (Lipinski definition) is 1. The summed E-state index contributed by atoms with van der Waals surface area (Å²) < 4.78 is 26.8. The molecule has 0 spiro atoms. The third-order valence-electron chi connectivity index (χ3n) is 5.32. The quantitative estimate of drug-likeness (QED) is 0.744. The van der Waals surface area contributed by atoms with Gasteiger partial charge in [-0.1, -0.05) is 26.0 Å². The summed E-state index contributed by atoms with van der Waals surface area (Å²) >= 11 is 0. The Bertz CT molecular complexity index is 813. The minimum atomic E-state index is -0.826. The second-order valence-corrected chi connectivity index (χ2v) is 8.28. The number of rotatable bonds is 7. The van der Waals surface area contributed by atoms with Crippen molar-refractivity contribution in [2.45, 2.75) is 45.7 Å². The van der Waals surface area contributed by atoms with Gasteiger partial charge in [0.15, 0.2) is 11.6 Å². The Kier molecular flexibility index (Phi) is 7.31. The Morgan fingerprint density at radius 1 is 1.24 bits per heavy atom. The third-order valence-corrected chi connectivity index (χ3v) is 5.32. The van der Waals surface area contributed by atoms with Gasteiger partial charge in [-0.3, -0.25) is 14.7 Å². The van der Waals surface area contributed by atoms with Gasteiger partial charge < -0.3 is 5.32 Å². The number of carbonyl (C=O) groups is 1. The standard InChI is InChI=1S/C23H29F2N3O/c1-16(2)12-22(29)27-23(21-7-3-4-10-26-21)18-6-5-11-28(15-18)14-17-8-9-19(24)20(25)13-17/h3-4,7-10,13,16,18,23H,5-6,11-12,14-15H2,1-2H3,(H,27,29). The number of nitrogens with zero attached hydrogens (tertiary/aromatic N) is 2. The van der Waals surface area contributed by atoms with Crippen molar-refractivity contribution >= 4 is 5.91 Å². The highest BCUT2D eigenvalue weighted by Crippen LogP contribution is 2.30. The van der Waals surface area contributed by atoms with Crippen LogP contribution in [0.2, 0.25) is 0 Å². The number of benzene rings is 1. The van der Waals surface area contributed by atoms with Gasteiger partial charge >= 0.3 is 0 Å². The van der Waals surface area contributed by atoms with Crippen LogP contribution in [0.4, 0.5) is 8.78 Å². The van der Waals surface area contributed by atoms with Gasteiger partial charge in [0.1, 0.15) is 0 Å². The van der Waals surface area contributed by atoms with Crippen molar-refractivity contribution in [2.75, 3.05) is 13.1 Å². The van der Waals surface area contributed by atoms with E-state index < -0.39 is 11.6 Å². The Morgan fingerprint density at radius 3 is 2.76 bits per heavy atom. The number of piperidine rings is 1. The lowest BCUT2D eigenvalue weighted by Gasteiger charge is -2.37. The first-order chi connectivity index (χ1) is 13.9. The molecule has 0 aliphatic carbocycles. The number of nitrogens with one attached hydrogen (secondary N) is 1. The highest BCUT2D eigenvalue weighted by atomic mass is 19.2. The molecule has 1 aromatic heterocycles. The van der Waals surface area contributed by atoms with Crippen LogP contribution in [-0.2, 0) is 11.3 Å². The van der Waals surface area contributed by atoms with Gasteiger partial charge in [-0.2, -0.15) is 0 Å². The Hall–Kier alpha value is -2.34. The minimum Gasteiger partial charge on any atom is -0.347 e. The zero-order valence-electron chi connectivity index (χ0n) is 17.1. The van der Waals surface area contributed by atoms with E-state index in [0.717, 1.165) is 37.2 Å². The molecule has 2 aromatic rings. The first kappa shape index (κ1) is 21.4. The van der Waals surface area contributed by atoms with E-state index in [1.54, 1.807) is 12.3 Å². The number of amides is 1. The monoisotopic (exact) mass is 401 g/mol. The lowest BCUT2D eigenvalue weighted by atomic mass is 9.88. The van der Waals surface area contributed by atoms with Gasteiger partial charge in [0.2, 0.25) is 5.91 Å². The number of pyridine rings is 1. The van der Waals surface area contributed by atoms with Gasteiger partial charge in [-0.15, -0.1) is 0 Å². The zero-order valence-corrected chi connectivity index (χ0v) is 17.1. The lowest BCUT2D eigenvalue weighted by Crippen LogP contribution is -2.43. The number of halogens is 2. The van der Waals surface area contributed by atoms with E-state index in [4.69, 9.17) is 0 Å². The minimum absolute atomic E-state index is 0.0355. The highest BCUT2D eigenvalue weighted by molar-refractivity contribution is 5.76. The first-order valence-corrected chi connectivity index (χ1v) is 10.3. The molecule has 2 atom stereocenters. The highest BCUT2D eigenvalue weighted by Gasteiger charge is 2.30. The molecule has 1 aliphatic heterocycles. The molecule has 1 N–H and O–H groups in total. The van der Waals surface area contributed by atoms with Crippen molar-refractivity contribution in [3.63, 3.8) is 0 Å². The summed E-state index contributed by atoms with van der Waals surface area (Å²) in [6, 6.07) is 9.67. The predicted octanol–water partition coefficient (Wildman–Crippen LogP) is 4.48. The fraction of sp³-hybridized carbons (Fsp3) is 0.478. The van der Waals surface area contributed by atoms with Gasteiger partial charge in [-0.25, -0.2) is 8.78 Å². The molecule has 0 saturated carbocycles. The number of aromatic nitrogens is 1. The van der Waals surface area contributed by atoms with Crippen LogP contribution >= 0.6 is 0 Å². The molecular formula is C23H29F2N3O. The Labute approximate surface area is 171 Å². The van der Waals surface area contributed by atoms with Crippen LogP contribution < -0.4 is 5.32 Å². The van der Waals surface area contributed by atoms with Crippen molar-refractivity contribution < 1.29 is 13.6 Å². The van der Waals surface area contributed by atoms with Crippen molar-refractivity contribution in [3.8, 4) is 0 Å². The summed E-state index contributed by atoms with van der Waals surface area (Å²) in [6.07, 6.45) is 4.20. The summed E-state index contributed by atoms with van der Waals surface area (Å²) in [5.41, 5.74) is 1.62. The fourth-order valence-corrected chi connectivity index (χ4v) is 4.00. The lowest BCUT2D eigenvalue weighted by molar-refractivity contribution is -0.123. The summed E-state index contributed by atoms with van der Waals surface area (Å²) in [7, 11) is 0. The third kappa shape index (κ3) is 6.07. The predicted molar refractivity (Wildman–Crippen MR) is 109 cm³/mol. The molecule has 2 unspecified atom stereocenters. The van der Waals surface area contributed by atoms with E-state index in [9.17, 15) is 13.6 Å². The number of carbonyl (C=O) groups excluding carboxylic acids is 1. The van der Waals surface area contributed by atoms with Crippen LogP contribution in [0.25, 0.3) is 0 Å². The Balaban J connectivity index is 1.72. The zero-order chi connectivity index (χ0) is 20.8.